The van der Waals surface area contributed by atoms with Crippen molar-refractivity contribution in [2.45, 2.75) is 25.8 Å². The smallest absolute Gasteiger partial charge is 0.221 e. The second-order valence-electron chi connectivity index (χ2n) is 6.74. The first-order valence-corrected chi connectivity index (χ1v) is 8.50. The zero-order chi connectivity index (χ0) is 17.0. The number of hydrogen-bond donors (Lipinski definition) is 2. The summed E-state index contributed by atoms with van der Waals surface area (Å²) in [4.78, 5) is 20.3. The molecule has 124 valence electrons. The van der Waals surface area contributed by atoms with Gasteiger partial charge in [0.25, 0.3) is 0 Å². The van der Waals surface area contributed by atoms with Crippen LogP contribution < -0.4 is 5.32 Å². The minimum absolute atomic E-state index is 0.00593. The van der Waals surface area contributed by atoms with E-state index >= 15 is 0 Å². The van der Waals surface area contributed by atoms with Crippen LogP contribution in [0.2, 0.25) is 0 Å². The first-order valence-electron chi connectivity index (χ1n) is 8.50. The Morgan fingerprint density at radius 1 is 1.20 bits per heavy atom. The third kappa shape index (κ3) is 2.23. The van der Waals surface area contributed by atoms with Gasteiger partial charge < -0.3 is 14.7 Å². The molecule has 1 atom stereocenters. The molecule has 0 bridgehead atoms. The van der Waals surface area contributed by atoms with Crippen LogP contribution in [0.5, 0.6) is 0 Å². The highest BCUT2D eigenvalue weighted by Gasteiger charge is 2.28. The van der Waals surface area contributed by atoms with E-state index in [0.717, 1.165) is 33.5 Å². The van der Waals surface area contributed by atoms with Crippen molar-refractivity contribution < 1.29 is 4.79 Å². The van der Waals surface area contributed by atoms with E-state index in [0.29, 0.717) is 13.0 Å². The standard InChI is InChI=1S/C20H18N4O/c1-12-2-5-18-23-17-10-22-19(25)9-15(20(17)24(18)11-12)13-3-4-16-14(8-13)6-7-21-16/h2-8,11,15,21H,9-10H2,1H3,(H,22,25). The largest absolute Gasteiger partial charge is 0.361 e. The van der Waals surface area contributed by atoms with E-state index in [9.17, 15) is 4.79 Å². The van der Waals surface area contributed by atoms with Gasteiger partial charge in [-0.1, -0.05) is 12.1 Å². The molecule has 0 radical (unpaired) electrons. The van der Waals surface area contributed by atoms with Crippen LogP contribution in [-0.4, -0.2) is 20.3 Å². The molecule has 1 unspecified atom stereocenters. The van der Waals surface area contributed by atoms with Crippen LogP contribution in [0.25, 0.3) is 16.6 Å². The van der Waals surface area contributed by atoms with Crippen LogP contribution in [0, 0.1) is 6.92 Å². The summed E-state index contributed by atoms with van der Waals surface area (Å²) < 4.78 is 2.15. The van der Waals surface area contributed by atoms with Crippen molar-refractivity contribution in [2.24, 2.45) is 0 Å². The van der Waals surface area contributed by atoms with E-state index < -0.39 is 0 Å². The highest BCUT2D eigenvalue weighted by molar-refractivity contribution is 5.82. The van der Waals surface area contributed by atoms with Crippen LogP contribution in [0.15, 0.2) is 48.8 Å². The second-order valence-corrected chi connectivity index (χ2v) is 6.74. The number of rotatable bonds is 1. The second kappa shape index (κ2) is 5.21. The number of aromatic nitrogens is 3. The van der Waals surface area contributed by atoms with Crippen LogP contribution in [-0.2, 0) is 11.3 Å². The number of nitrogens with zero attached hydrogens (tertiary/aromatic N) is 2. The van der Waals surface area contributed by atoms with E-state index in [1.54, 1.807) is 0 Å². The maximum Gasteiger partial charge on any atom is 0.221 e. The number of carbonyl (C=O) groups excluding carboxylic acids is 1. The summed E-state index contributed by atoms with van der Waals surface area (Å²) in [6.45, 7) is 2.56. The monoisotopic (exact) mass is 330 g/mol. The zero-order valence-corrected chi connectivity index (χ0v) is 13.9. The van der Waals surface area contributed by atoms with E-state index in [2.05, 4.69) is 58.2 Å². The fourth-order valence-corrected chi connectivity index (χ4v) is 3.82. The Balaban J connectivity index is 1.76. The van der Waals surface area contributed by atoms with Gasteiger partial charge in [0.05, 0.1) is 17.9 Å². The van der Waals surface area contributed by atoms with Crippen molar-refractivity contribution in [3.63, 3.8) is 0 Å². The molecule has 1 aliphatic rings. The van der Waals surface area contributed by atoms with E-state index in [1.165, 1.54) is 5.56 Å². The Bertz CT molecular complexity index is 1120. The first-order chi connectivity index (χ1) is 12.2. The van der Waals surface area contributed by atoms with Gasteiger partial charge in [0.1, 0.15) is 5.65 Å². The fourth-order valence-electron chi connectivity index (χ4n) is 3.82. The predicted octanol–water partition coefficient (Wildman–Crippen LogP) is 3.28. The molecule has 0 aliphatic carbocycles. The van der Waals surface area contributed by atoms with Crippen LogP contribution in [0.1, 0.15) is 34.9 Å². The third-order valence-electron chi connectivity index (χ3n) is 5.03. The van der Waals surface area contributed by atoms with Crippen molar-refractivity contribution >= 4 is 22.5 Å². The summed E-state index contributed by atoms with van der Waals surface area (Å²) in [6, 6.07) is 12.5. The molecule has 0 spiro atoms. The lowest BCUT2D eigenvalue weighted by atomic mass is 9.91. The number of aromatic amines is 1. The van der Waals surface area contributed by atoms with Gasteiger partial charge in [-0.25, -0.2) is 4.98 Å². The van der Waals surface area contributed by atoms with Crippen LogP contribution >= 0.6 is 0 Å². The summed E-state index contributed by atoms with van der Waals surface area (Å²) in [5.74, 6) is 0.0622. The molecule has 5 rings (SSSR count). The number of carbonyl (C=O) groups is 1. The van der Waals surface area contributed by atoms with E-state index in [-0.39, 0.29) is 11.8 Å². The summed E-state index contributed by atoms with van der Waals surface area (Å²) in [5.41, 5.74) is 6.43. The number of amides is 1. The molecule has 3 aromatic heterocycles. The lowest BCUT2D eigenvalue weighted by Crippen LogP contribution is -2.21. The Kier molecular flexibility index (Phi) is 2.98. The normalized spacial score (nSPS) is 17.5. The molecule has 4 heterocycles. The molecular weight excluding hydrogens is 312 g/mol. The summed E-state index contributed by atoms with van der Waals surface area (Å²) in [5, 5.41) is 4.15. The van der Waals surface area contributed by atoms with E-state index in [4.69, 9.17) is 4.98 Å². The minimum Gasteiger partial charge on any atom is -0.361 e. The Hall–Kier alpha value is -3.08. The number of imidazole rings is 1. The van der Waals surface area contributed by atoms with Gasteiger partial charge in [-0.2, -0.15) is 0 Å². The number of nitrogens with one attached hydrogen (secondary N) is 2. The SMILES string of the molecule is Cc1ccc2nc3c(n2c1)C(c1ccc2[nH]ccc2c1)CC(=O)NC3. The highest BCUT2D eigenvalue weighted by Crippen LogP contribution is 2.34. The molecule has 1 amide bonds. The van der Waals surface area contributed by atoms with Crippen molar-refractivity contribution in [1.82, 2.24) is 19.7 Å². The lowest BCUT2D eigenvalue weighted by molar-refractivity contribution is -0.121. The topological polar surface area (TPSA) is 62.2 Å². The van der Waals surface area contributed by atoms with E-state index in [1.807, 2.05) is 12.3 Å². The fraction of sp³-hybridized carbons (Fsp3) is 0.200. The molecule has 0 saturated heterocycles. The number of hydrogen-bond acceptors (Lipinski definition) is 2. The molecule has 1 aromatic carbocycles. The number of pyridine rings is 1. The Labute approximate surface area is 144 Å². The molecular formula is C20H18N4O. The number of aryl methyl sites for hydroxylation is 1. The molecule has 5 heteroatoms. The van der Waals surface area contributed by atoms with Gasteiger partial charge in [-0.05, 0) is 47.7 Å². The molecule has 1 aliphatic heterocycles. The van der Waals surface area contributed by atoms with Crippen LogP contribution in [0.3, 0.4) is 0 Å². The zero-order valence-electron chi connectivity index (χ0n) is 13.9. The molecule has 0 fully saturated rings. The molecule has 25 heavy (non-hydrogen) atoms. The lowest BCUT2D eigenvalue weighted by Gasteiger charge is -2.16. The van der Waals surface area contributed by atoms with Gasteiger partial charge in [0, 0.05) is 30.2 Å². The van der Waals surface area contributed by atoms with Gasteiger partial charge in [0.2, 0.25) is 5.91 Å². The molecule has 0 saturated carbocycles. The summed E-state index contributed by atoms with van der Waals surface area (Å²) >= 11 is 0. The predicted molar refractivity (Wildman–Crippen MR) is 96.5 cm³/mol. The van der Waals surface area contributed by atoms with Gasteiger partial charge in [0.15, 0.2) is 0 Å². The number of H-pyrrole nitrogens is 1. The first kappa shape index (κ1) is 14.3. The molecule has 4 aromatic rings. The average Bonchev–Trinajstić information content (AvgIpc) is 3.17. The van der Waals surface area contributed by atoms with Gasteiger partial charge in [-0.15, -0.1) is 0 Å². The van der Waals surface area contributed by atoms with Crippen molar-refractivity contribution in [3.8, 4) is 0 Å². The van der Waals surface area contributed by atoms with Gasteiger partial charge >= 0.3 is 0 Å². The molecule has 5 nitrogen and oxygen atoms in total. The number of fused-ring (bicyclic) bond motifs is 4. The Morgan fingerprint density at radius 2 is 2.12 bits per heavy atom. The Morgan fingerprint density at radius 3 is 3.04 bits per heavy atom. The summed E-state index contributed by atoms with van der Waals surface area (Å²) in [7, 11) is 0. The summed E-state index contributed by atoms with van der Waals surface area (Å²) in [6.07, 6.45) is 4.49. The minimum atomic E-state index is -0.00593. The van der Waals surface area contributed by atoms with Crippen molar-refractivity contribution in [2.75, 3.05) is 0 Å². The maximum absolute atomic E-state index is 12.3. The highest BCUT2D eigenvalue weighted by atomic mass is 16.1. The van der Waals surface area contributed by atoms with Gasteiger partial charge in [-0.3, -0.25) is 4.79 Å². The molecule has 2 N–H and O–H groups in total. The van der Waals surface area contributed by atoms with Crippen molar-refractivity contribution in [3.05, 3.63) is 71.3 Å². The van der Waals surface area contributed by atoms with Crippen molar-refractivity contribution in [1.29, 1.82) is 0 Å². The quantitative estimate of drug-likeness (QED) is 0.563. The number of benzene rings is 1. The van der Waals surface area contributed by atoms with Crippen LogP contribution in [0.4, 0.5) is 0 Å². The average molecular weight is 330 g/mol. The maximum atomic E-state index is 12.3. The third-order valence-corrected chi connectivity index (χ3v) is 5.03.